The Kier molecular flexibility index (Phi) is 6.16. The number of halogens is 1. The second-order valence-electron chi connectivity index (χ2n) is 4.53. The summed E-state index contributed by atoms with van der Waals surface area (Å²) in [6.45, 7) is 4.02. The zero-order chi connectivity index (χ0) is 13.5. The second kappa shape index (κ2) is 7.39. The van der Waals surface area contributed by atoms with Crippen molar-refractivity contribution >= 4 is 17.5 Å². The summed E-state index contributed by atoms with van der Waals surface area (Å²) in [7, 11) is 0. The lowest BCUT2D eigenvalue weighted by Crippen LogP contribution is -2.41. The molecule has 0 spiro atoms. The van der Waals surface area contributed by atoms with Gasteiger partial charge in [0.05, 0.1) is 12.1 Å². The second-order valence-corrected chi connectivity index (χ2v) is 4.97. The zero-order valence-corrected chi connectivity index (χ0v) is 11.7. The highest BCUT2D eigenvalue weighted by atomic mass is 35.5. The lowest BCUT2D eigenvalue weighted by Gasteiger charge is -2.17. The summed E-state index contributed by atoms with van der Waals surface area (Å²) in [6, 6.07) is 6.98. The molecule has 0 heterocycles. The predicted octanol–water partition coefficient (Wildman–Crippen LogP) is 3.03. The summed E-state index contributed by atoms with van der Waals surface area (Å²) in [5, 5.41) is 3.61. The van der Waals surface area contributed by atoms with Crippen LogP contribution in [0.15, 0.2) is 24.3 Å². The predicted molar refractivity (Wildman–Crippen MR) is 75.5 cm³/mol. The molecule has 4 heteroatoms. The van der Waals surface area contributed by atoms with Gasteiger partial charge in [0.1, 0.15) is 0 Å². The number of hydrogen-bond acceptors (Lipinski definition) is 2. The highest BCUT2D eigenvalue weighted by Gasteiger charge is 2.15. The molecule has 0 radical (unpaired) electrons. The van der Waals surface area contributed by atoms with E-state index in [4.69, 9.17) is 17.3 Å². The van der Waals surface area contributed by atoms with Gasteiger partial charge in [0, 0.05) is 5.02 Å². The molecule has 0 unspecified atom stereocenters. The van der Waals surface area contributed by atoms with Crippen LogP contribution < -0.4 is 11.1 Å². The van der Waals surface area contributed by atoms with Crippen LogP contribution >= 0.6 is 11.6 Å². The molecule has 2 atom stereocenters. The Morgan fingerprint density at radius 1 is 1.39 bits per heavy atom. The number of hydrogen-bond donors (Lipinski definition) is 2. The van der Waals surface area contributed by atoms with Gasteiger partial charge in [-0.2, -0.15) is 0 Å². The Morgan fingerprint density at radius 2 is 2.00 bits per heavy atom. The standard InChI is InChI=1S/C14H21ClN2O/c1-3-4-5-13(16)14(18)17-10(2)11-6-8-12(15)9-7-11/h6-10,13H,3-5,16H2,1-2H3,(H,17,18)/t10-,13-/m0/s1. The molecule has 1 aromatic carbocycles. The molecule has 0 aliphatic rings. The summed E-state index contributed by atoms with van der Waals surface area (Å²) in [5.74, 6) is -0.0918. The van der Waals surface area contributed by atoms with Gasteiger partial charge in [-0.25, -0.2) is 0 Å². The van der Waals surface area contributed by atoms with Gasteiger partial charge in [0.15, 0.2) is 0 Å². The molecule has 3 N–H and O–H groups in total. The molecular weight excluding hydrogens is 248 g/mol. The van der Waals surface area contributed by atoms with E-state index in [1.807, 2.05) is 31.2 Å². The largest absolute Gasteiger partial charge is 0.348 e. The molecule has 100 valence electrons. The minimum absolute atomic E-state index is 0.0533. The smallest absolute Gasteiger partial charge is 0.237 e. The minimum Gasteiger partial charge on any atom is -0.348 e. The van der Waals surface area contributed by atoms with Crippen LogP contribution in [0.3, 0.4) is 0 Å². The number of nitrogens with two attached hydrogens (primary N) is 1. The van der Waals surface area contributed by atoms with Crippen molar-refractivity contribution in [3.8, 4) is 0 Å². The first-order valence-corrected chi connectivity index (χ1v) is 6.73. The van der Waals surface area contributed by atoms with Crippen molar-refractivity contribution in [1.29, 1.82) is 0 Å². The van der Waals surface area contributed by atoms with Crippen LogP contribution in [0.25, 0.3) is 0 Å². The molecule has 0 saturated heterocycles. The highest BCUT2D eigenvalue weighted by Crippen LogP contribution is 2.16. The maximum Gasteiger partial charge on any atom is 0.237 e. The maximum absolute atomic E-state index is 11.8. The van der Waals surface area contributed by atoms with Crippen LogP contribution in [0.1, 0.15) is 44.7 Å². The van der Waals surface area contributed by atoms with Crippen LogP contribution in [0, 0.1) is 0 Å². The van der Waals surface area contributed by atoms with Gasteiger partial charge in [-0.05, 0) is 31.0 Å². The first-order chi connectivity index (χ1) is 8.54. The van der Waals surface area contributed by atoms with E-state index >= 15 is 0 Å². The third kappa shape index (κ3) is 4.67. The molecular formula is C14H21ClN2O. The summed E-state index contributed by atoms with van der Waals surface area (Å²) >= 11 is 5.82. The molecule has 0 aliphatic carbocycles. The molecule has 1 amide bonds. The van der Waals surface area contributed by atoms with Gasteiger partial charge < -0.3 is 11.1 Å². The molecule has 0 fully saturated rings. The van der Waals surface area contributed by atoms with Crippen molar-refractivity contribution in [1.82, 2.24) is 5.32 Å². The van der Waals surface area contributed by atoms with Gasteiger partial charge in [-0.1, -0.05) is 43.5 Å². The quantitative estimate of drug-likeness (QED) is 0.833. The van der Waals surface area contributed by atoms with E-state index < -0.39 is 6.04 Å². The lowest BCUT2D eigenvalue weighted by atomic mass is 10.1. The fraction of sp³-hybridized carbons (Fsp3) is 0.500. The fourth-order valence-corrected chi connectivity index (χ4v) is 1.84. The number of unbranched alkanes of at least 4 members (excludes halogenated alkanes) is 1. The number of carbonyl (C=O) groups excluding carboxylic acids is 1. The Morgan fingerprint density at radius 3 is 2.56 bits per heavy atom. The van der Waals surface area contributed by atoms with Gasteiger partial charge in [-0.3, -0.25) is 4.79 Å². The Labute approximate surface area is 114 Å². The average Bonchev–Trinajstić information content (AvgIpc) is 2.36. The lowest BCUT2D eigenvalue weighted by molar-refractivity contribution is -0.123. The third-order valence-electron chi connectivity index (χ3n) is 2.93. The molecule has 0 aromatic heterocycles. The van der Waals surface area contributed by atoms with Crippen LogP contribution in [-0.4, -0.2) is 11.9 Å². The fourth-order valence-electron chi connectivity index (χ4n) is 1.71. The normalized spacial score (nSPS) is 14.0. The monoisotopic (exact) mass is 268 g/mol. The Bertz CT molecular complexity index is 378. The Hall–Kier alpha value is -1.06. The average molecular weight is 269 g/mol. The van der Waals surface area contributed by atoms with E-state index in [-0.39, 0.29) is 11.9 Å². The van der Waals surface area contributed by atoms with E-state index in [2.05, 4.69) is 12.2 Å². The number of amides is 1. The van der Waals surface area contributed by atoms with Crippen molar-refractivity contribution < 1.29 is 4.79 Å². The van der Waals surface area contributed by atoms with E-state index in [1.54, 1.807) is 0 Å². The molecule has 18 heavy (non-hydrogen) atoms. The number of rotatable bonds is 6. The van der Waals surface area contributed by atoms with Crippen molar-refractivity contribution in [3.63, 3.8) is 0 Å². The van der Waals surface area contributed by atoms with Crippen molar-refractivity contribution in [2.24, 2.45) is 5.73 Å². The summed E-state index contributed by atoms with van der Waals surface area (Å²) < 4.78 is 0. The van der Waals surface area contributed by atoms with E-state index in [9.17, 15) is 4.79 Å². The van der Waals surface area contributed by atoms with E-state index in [0.717, 1.165) is 24.8 Å². The zero-order valence-electron chi connectivity index (χ0n) is 10.9. The first-order valence-electron chi connectivity index (χ1n) is 6.36. The molecule has 3 nitrogen and oxygen atoms in total. The molecule has 1 rings (SSSR count). The van der Waals surface area contributed by atoms with Crippen LogP contribution in [0.2, 0.25) is 5.02 Å². The summed E-state index contributed by atoms with van der Waals surface area (Å²) in [6.07, 6.45) is 2.76. The molecule has 0 aliphatic heterocycles. The van der Waals surface area contributed by atoms with Gasteiger partial charge >= 0.3 is 0 Å². The minimum atomic E-state index is -0.417. The molecule has 0 saturated carbocycles. The third-order valence-corrected chi connectivity index (χ3v) is 3.19. The van der Waals surface area contributed by atoms with Gasteiger partial charge in [0.25, 0.3) is 0 Å². The Balaban J connectivity index is 2.51. The van der Waals surface area contributed by atoms with E-state index in [1.165, 1.54) is 0 Å². The van der Waals surface area contributed by atoms with Crippen molar-refractivity contribution in [2.75, 3.05) is 0 Å². The van der Waals surface area contributed by atoms with Crippen molar-refractivity contribution in [3.05, 3.63) is 34.9 Å². The molecule has 1 aromatic rings. The maximum atomic E-state index is 11.8. The molecule has 0 bridgehead atoms. The van der Waals surface area contributed by atoms with Gasteiger partial charge in [0.2, 0.25) is 5.91 Å². The van der Waals surface area contributed by atoms with Gasteiger partial charge in [-0.15, -0.1) is 0 Å². The van der Waals surface area contributed by atoms with Crippen LogP contribution in [0.4, 0.5) is 0 Å². The van der Waals surface area contributed by atoms with Crippen LogP contribution in [0.5, 0.6) is 0 Å². The summed E-state index contributed by atoms with van der Waals surface area (Å²) in [5.41, 5.74) is 6.84. The number of benzene rings is 1. The number of carbonyl (C=O) groups is 1. The first kappa shape index (κ1) is 15.0. The number of nitrogens with one attached hydrogen (secondary N) is 1. The van der Waals surface area contributed by atoms with Crippen LogP contribution in [-0.2, 0) is 4.79 Å². The SMILES string of the molecule is CCCC[C@H](N)C(=O)N[C@@H](C)c1ccc(Cl)cc1. The summed E-state index contributed by atoms with van der Waals surface area (Å²) in [4.78, 5) is 11.8. The van der Waals surface area contributed by atoms with Crippen molar-refractivity contribution in [2.45, 2.75) is 45.2 Å². The highest BCUT2D eigenvalue weighted by molar-refractivity contribution is 6.30. The topological polar surface area (TPSA) is 55.1 Å². The van der Waals surface area contributed by atoms with E-state index in [0.29, 0.717) is 5.02 Å².